The molecule has 0 aliphatic rings. The molecule has 0 amide bonds. The van der Waals surface area contributed by atoms with Gasteiger partial charge in [0, 0.05) is 6.04 Å². The molecule has 0 aromatic heterocycles. The number of hydrogen-bond acceptors (Lipinski definition) is 2. The van der Waals surface area contributed by atoms with E-state index in [2.05, 4.69) is 43.4 Å². The van der Waals surface area contributed by atoms with Crippen LogP contribution in [0.15, 0.2) is 24.3 Å². The molecule has 0 radical (unpaired) electrons. The van der Waals surface area contributed by atoms with Crippen LogP contribution >= 0.6 is 0 Å². The summed E-state index contributed by atoms with van der Waals surface area (Å²) in [6.07, 6.45) is 2.18. The van der Waals surface area contributed by atoms with Gasteiger partial charge in [-0.05, 0) is 43.5 Å². The first-order chi connectivity index (χ1) is 7.72. The lowest BCUT2D eigenvalue weighted by Gasteiger charge is -2.17. The van der Waals surface area contributed by atoms with Crippen molar-refractivity contribution in [2.45, 2.75) is 38.6 Å². The SMILES string of the molecule is CCC(C)c1ccc(C(CCN)NC)cc1. The van der Waals surface area contributed by atoms with Gasteiger partial charge in [-0.15, -0.1) is 0 Å². The molecule has 0 spiro atoms. The van der Waals surface area contributed by atoms with Gasteiger partial charge in [-0.3, -0.25) is 0 Å². The van der Waals surface area contributed by atoms with E-state index in [1.54, 1.807) is 0 Å². The number of benzene rings is 1. The quantitative estimate of drug-likeness (QED) is 0.773. The third-order valence-electron chi connectivity index (χ3n) is 3.32. The molecule has 3 N–H and O–H groups in total. The summed E-state index contributed by atoms with van der Waals surface area (Å²) >= 11 is 0. The number of rotatable bonds is 6. The van der Waals surface area contributed by atoms with Crippen LogP contribution in [-0.2, 0) is 0 Å². The lowest BCUT2D eigenvalue weighted by atomic mass is 9.95. The molecule has 2 heteroatoms. The highest BCUT2D eigenvalue weighted by atomic mass is 14.9. The topological polar surface area (TPSA) is 38.0 Å². The zero-order chi connectivity index (χ0) is 12.0. The number of nitrogens with one attached hydrogen (secondary N) is 1. The zero-order valence-electron chi connectivity index (χ0n) is 10.7. The molecule has 1 aromatic carbocycles. The van der Waals surface area contributed by atoms with Crippen molar-refractivity contribution in [1.82, 2.24) is 5.32 Å². The van der Waals surface area contributed by atoms with Crippen LogP contribution in [0.2, 0.25) is 0 Å². The molecule has 0 bridgehead atoms. The van der Waals surface area contributed by atoms with Crippen LogP contribution < -0.4 is 11.1 Å². The van der Waals surface area contributed by atoms with Gasteiger partial charge in [0.1, 0.15) is 0 Å². The van der Waals surface area contributed by atoms with Gasteiger partial charge >= 0.3 is 0 Å². The summed E-state index contributed by atoms with van der Waals surface area (Å²) in [5.41, 5.74) is 8.36. The second-order valence-corrected chi connectivity index (χ2v) is 4.39. The predicted molar refractivity (Wildman–Crippen MR) is 70.6 cm³/mol. The van der Waals surface area contributed by atoms with E-state index in [1.807, 2.05) is 7.05 Å². The van der Waals surface area contributed by atoms with Gasteiger partial charge in [0.05, 0.1) is 0 Å². The second-order valence-electron chi connectivity index (χ2n) is 4.39. The fraction of sp³-hybridized carbons (Fsp3) is 0.571. The van der Waals surface area contributed by atoms with Crippen LogP contribution in [0.25, 0.3) is 0 Å². The fourth-order valence-electron chi connectivity index (χ4n) is 1.94. The molecule has 0 fully saturated rings. The van der Waals surface area contributed by atoms with Crippen molar-refractivity contribution in [2.75, 3.05) is 13.6 Å². The summed E-state index contributed by atoms with van der Waals surface area (Å²) < 4.78 is 0. The first kappa shape index (κ1) is 13.2. The van der Waals surface area contributed by atoms with Crippen molar-refractivity contribution in [1.29, 1.82) is 0 Å². The van der Waals surface area contributed by atoms with E-state index in [1.165, 1.54) is 17.5 Å². The highest BCUT2D eigenvalue weighted by Crippen LogP contribution is 2.22. The summed E-state index contributed by atoms with van der Waals surface area (Å²) in [6, 6.07) is 9.31. The van der Waals surface area contributed by atoms with E-state index in [-0.39, 0.29) is 0 Å². The second kappa shape index (κ2) is 6.66. The van der Waals surface area contributed by atoms with Gasteiger partial charge in [-0.25, -0.2) is 0 Å². The smallest absolute Gasteiger partial charge is 0.0329 e. The van der Waals surface area contributed by atoms with Crippen LogP contribution in [0, 0.1) is 0 Å². The Morgan fingerprint density at radius 2 is 1.75 bits per heavy atom. The number of nitrogens with two attached hydrogens (primary N) is 1. The summed E-state index contributed by atoms with van der Waals surface area (Å²) in [5.74, 6) is 0.650. The van der Waals surface area contributed by atoms with Crippen molar-refractivity contribution in [3.63, 3.8) is 0 Å². The molecule has 0 saturated carbocycles. The van der Waals surface area contributed by atoms with Crippen LogP contribution in [0.4, 0.5) is 0 Å². The molecule has 2 atom stereocenters. The van der Waals surface area contributed by atoms with Crippen molar-refractivity contribution in [3.05, 3.63) is 35.4 Å². The first-order valence-corrected chi connectivity index (χ1v) is 6.20. The Morgan fingerprint density at radius 3 is 2.19 bits per heavy atom. The van der Waals surface area contributed by atoms with Crippen molar-refractivity contribution < 1.29 is 0 Å². The van der Waals surface area contributed by atoms with Gasteiger partial charge in [0.15, 0.2) is 0 Å². The largest absolute Gasteiger partial charge is 0.330 e. The Hall–Kier alpha value is -0.860. The van der Waals surface area contributed by atoms with E-state index in [9.17, 15) is 0 Å². The molecule has 0 aliphatic carbocycles. The Morgan fingerprint density at radius 1 is 1.19 bits per heavy atom. The van der Waals surface area contributed by atoms with Crippen molar-refractivity contribution in [2.24, 2.45) is 5.73 Å². The van der Waals surface area contributed by atoms with E-state index in [4.69, 9.17) is 5.73 Å². The van der Waals surface area contributed by atoms with Gasteiger partial charge in [-0.1, -0.05) is 38.1 Å². The Kier molecular flexibility index (Phi) is 5.50. The Balaban J connectivity index is 2.76. The number of hydrogen-bond donors (Lipinski definition) is 2. The lowest BCUT2D eigenvalue weighted by Crippen LogP contribution is -2.19. The van der Waals surface area contributed by atoms with Gasteiger partial charge in [-0.2, -0.15) is 0 Å². The molecule has 2 unspecified atom stereocenters. The zero-order valence-corrected chi connectivity index (χ0v) is 10.7. The molecule has 1 rings (SSSR count). The highest BCUT2D eigenvalue weighted by Gasteiger charge is 2.08. The average molecular weight is 220 g/mol. The minimum Gasteiger partial charge on any atom is -0.330 e. The molecule has 90 valence electrons. The van der Waals surface area contributed by atoms with Gasteiger partial charge < -0.3 is 11.1 Å². The molecule has 0 heterocycles. The van der Waals surface area contributed by atoms with Crippen LogP contribution in [0.3, 0.4) is 0 Å². The van der Waals surface area contributed by atoms with E-state index >= 15 is 0 Å². The fourth-order valence-corrected chi connectivity index (χ4v) is 1.94. The lowest BCUT2D eigenvalue weighted by molar-refractivity contribution is 0.556. The standard InChI is InChI=1S/C14H24N2/c1-4-11(2)12-5-7-13(8-6-12)14(16-3)9-10-15/h5-8,11,14,16H,4,9-10,15H2,1-3H3. The van der Waals surface area contributed by atoms with Crippen LogP contribution in [0.5, 0.6) is 0 Å². The molecule has 2 nitrogen and oxygen atoms in total. The highest BCUT2D eigenvalue weighted by molar-refractivity contribution is 5.27. The van der Waals surface area contributed by atoms with Crippen molar-refractivity contribution >= 4 is 0 Å². The summed E-state index contributed by atoms with van der Waals surface area (Å²) in [6.45, 7) is 5.21. The molecule has 16 heavy (non-hydrogen) atoms. The maximum atomic E-state index is 5.60. The van der Waals surface area contributed by atoms with Crippen LogP contribution in [0.1, 0.15) is 49.8 Å². The molecule has 0 saturated heterocycles. The Bertz CT molecular complexity index is 292. The van der Waals surface area contributed by atoms with Crippen LogP contribution in [-0.4, -0.2) is 13.6 Å². The van der Waals surface area contributed by atoms with Crippen molar-refractivity contribution in [3.8, 4) is 0 Å². The van der Waals surface area contributed by atoms with E-state index in [0.717, 1.165) is 13.0 Å². The summed E-state index contributed by atoms with van der Waals surface area (Å²) in [5, 5.41) is 3.30. The third-order valence-corrected chi connectivity index (χ3v) is 3.32. The molecule has 1 aromatic rings. The maximum Gasteiger partial charge on any atom is 0.0329 e. The molecular weight excluding hydrogens is 196 g/mol. The predicted octanol–water partition coefficient (Wildman–Crippen LogP) is 2.81. The minimum atomic E-state index is 0.385. The minimum absolute atomic E-state index is 0.385. The first-order valence-electron chi connectivity index (χ1n) is 6.20. The Labute approximate surface area is 99.2 Å². The summed E-state index contributed by atoms with van der Waals surface area (Å²) in [4.78, 5) is 0. The molecular formula is C14H24N2. The molecule has 0 aliphatic heterocycles. The van der Waals surface area contributed by atoms with E-state index in [0.29, 0.717) is 12.0 Å². The van der Waals surface area contributed by atoms with Gasteiger partial charge in [0.2, 0.25) is 0 Å². The van der Waals surface area contributed by atoms with Gasteiger partial charge in [0.25, 0.3) is 0 Å². The average Bonchev–Trinajstić information content (AvgIpc) is 2.35. The monoisotopic (exact) mass is 220 g/mol. The van der Waals surface area contributed by atoms with E-state index < -0.39 is 0 Å². The third kappa shape index (κ3) is 3.32. The normalized spacial score (nSPS) is 14.8. The maximum absolute atomic E-state index is 5.60. The summed E-state index contributed by atoms with van der Waals surface area (Å²) in [7, 11) is 1.99.